The zero-order valence-electron chi connectivity index (χ0n) is 13.2. The number of hydrogen-bond acceptors (Lipinski definition) is 2. The number of nitrogens with one attached hydrogen (secondary N) is 2. The molecule has 2 rings (SSSR count). The number of benzene rings is 1. The molecule has 4 nitrogen and oxygen atoms in total. The third-order valence-electron chi connectivity index (χ3n) is 3.64. The Morgan fingerprint density at radius 1 is 1.26 bits per heavy atom. The van der Waals surface area contributed by atoms with E-state index in [1.165, 1.54) is 6.07 Å². The molecule has 0 aliphatic heterocycles. The van der Waals surface area contributed by atoms with E-state index in [1.807, 2.05) is 0 Å². The number of H-pyrrole nitrogens is 1. The number of carbonyl (C=O) groups is 1. The van der Waals surface area contributed by atoms with Gasteiger partial charge in [0, 0.05) is 17.3 Å². The van der Waals surface area contributed by atoms with Gasteiger partial charge < -0.3 is 10.3 Å². The lowest BCUT2D eigenvalue weighted by Crippen LogP contribution is -2.34. The second-order valence-electron chi connectivity index (χ2n) is 5.44. The van der Waals surface area contributed by atoms with Crippen LogP contribution in [0.4, 0.5) is 8.78 Å². The van der Waals surface area contributed by atoms with Gasteiger partial charge in [0.1, 0.15) is 17.2 Å². The van der Waals surface area contributed by atoms with Crippen LogP contribution in [0.25, 0.3) is 0 Å². The van der Waals surface area contributed by atoms with Gasteiger partial charge in [-0.05, 0) is 38.0 Å². The van der Waals surface area contributed by atoms with Gasteiger partial charge in [-0.2, -0.15) is 0 Å². The van der Waals surface area contributed by atoms with Crippen LogP contribution in [-0.4, -0.2) is 10.9 Å². The van der Waals surface area contributed by atoms with Crippen molar-refractivity contribution in [3.05, 3.63) is 68.6 Å². The molecular formula is C17H18F2N2O2. The summed E-state index contributed by atoms with van der Waals surface area (Å²) in [6.07, 6.45) is 0.400. The maximum Gasteiger partial charge on any atom is 0.261 e. The van der Waals surface area contributed by atoms with Crippen LogP contribution < -0.4 is 10.9 Å². The standard InChI is InChI=1S/C17H18F2N2O2/c1-4-14(12-6-5-11(18)8-13(12)19)21-17(23)15-9(2)7-10(3)20-16(15)22/h5-8,14H,4H2,1-3H3,(H,20,22)(H,21,23)/t14-/m1/s1. The summed E-state index contributed by atoms with van der Waals surface area (Å²) in [6.45, 7) is 5.15. The van der Waals surface area contributed by atoms with E-state index in [2.05, 4.69) is 10.3 Å². The summed E-state index contributed by atoms with van der Waals surface area (Å²) in [5.41, 5.74) is 0.883. The number of pyridine rings is 1. The second-order valence-corrected chi connectivity index (χ2v) is 5.44. The molecule has 0 bridgehead atoms. The summed E-state index contributed by atoms with van der Waals surface area (Å²) in [5.74, 6) is -2.00. The first-order valence-electron chi connectivity index (χ1n) is 7.29. The summed E-state index contributed by atoms with van der Waals surface area (Å²) in [4.78, 5) is 26.9. The molecule has 1 heterocycles. The van der Waals surface area contributed by atoms with Crippen LogP contribution in [-0.2, 0) is 0 Å². The molecule has 1 aromatic carbocycles. The predicted octanol–water partition coefficient (Wildman–Crippen LogP) is 3.15. The van der Waals surface area contributed by atoms with Gasteiger partial charge >= 0.3 is 0 Å². The molecule has 23 heavy (non-hydrogen) atoms. The molecule has 0 fully saturated rings. The molecule has 0 saturated carbocycles. The molecule has 1 amide bonds. The molecule has 1 aromatic heterocycles. The Morgan fingerprint density at radius 2 is 1.96 bits per heavy atom. The average molecular weight is 320 g/mol. The van der Waals surface area contributed by atoms with Gasteiger partial charge in [-0.25, -0.2) is 8.78 Å². The highest BCUT2D eigenvalue weighted by molar-refractivity contribution is 5.95. The number of rotatable bonds is 4. The van der Waals surface area contributed by atoms with Crippen molar-refractivity contribution in [2.75, 3.05) is 0 Å². The fraction of sp³-hybridized carbons (Fsp3) is 0.294. The van der Waals surface area contributed by atoms with Gasteiger partial charge in [-0.1, -0.05) is 13.0 Å². The first-order chi connectivity index (χ1) is 10.8. The van der Waals surface area contributed by atoms with E-state index in [0.29, 0.717) is 17.7 Å². The van der Waals surface area contributed by atoms with Crippen molar-refractivity contribution >= 4 is 5.91 Å². The lowest BCUT2D eigenvalue weighted by molar-refractivity contribution is 0.0932. The molecular weight excluding hydrogens is 302 g/mol. The van der Waals surface area contributed by atoms with Crippen LogP contribution in [0.5, 0.6) is 0 Å². The molecule has 2 N–H and O–H groups in total. The number of aryl methyl sites for hydroxylation is 2. The van der Waals surface area contributed by atoms with Gasteiger partial charge in [-0.15, -0.1) is 0 Å². The van der Waals surface area contributed by atoms with Gasteiger partial charge in [-0.3, -0.25) is 9.59 Å². The first-order valence-corrected chi connectivity index (χ1v) is 7.29. The molecule has 1 atom stereocenters. The molecule has 122 valence electrons. The van der Waals surface area contributed by atoms with Crippen LogP contribution in [0.2, 0.25) is 0 Å². The SMILES string of the molecule is CC[C@@H](NC(=O)c1c(C)cc(C)[nH]c1=O)c1ccc(F)cc1F. The Bertz CT molecular complexity index is 800. The maximum atomic E-state index is 13.9. The Morgan fingerprint density at radius 3 is 2.52 bits per heavy atom. The van der Waals surface area contributed by atoms with Crippen LogP contribution in [0.3, 0.4) is 0 Å². The van der Waals surface area contributed by atoms with Gasteiger partial charge in [0.05, 0.1) is 6.04 Å². The lowest BCUT2D eigenvalue weighted by atomic mass is 10.0. The van der Waals surface area contributed by atoms with Crippen LogP contribution in [0.15, 0.2) is 29.1 Å². The van der Waals surface area contributed by atoms with E-state index in [1.54, 1.807) is 26.8 Å². The third kappa shape index (κ3) is 3.64. The lowest BCUT2D eigenvalue weighted by Gasteiger charge is -2.18. The minimum atomic E-state index is -0.730. The highest BCUT2D eigenvalue weighted by atomic mass is 19.1. The van der Waals surface area contributed by atoms with Crippen LogP contribution >= 0.6 is 0 Å². The molecule has 0 aliphatic rings. The van der Waals surface area contributed by atoms with Crippen LogP contribution in [0, 0.1) is 25.5 Å². The number of aromatic amines is 1. The molecule has 2 aromatic rings. The fourth-order valence-corrected chi connectivity index (χ4v) is 2.55. The van der Waals surface area contributed by atoms with Crippen molar-refractivity contribution in [2.24, 2.45) is 0 Å². The van der Waals surface area contributed by atoms with Crippen molar-refractivity contribution in [3.8, 4) is 0 Å². The molecule has 0 radical (unpaired) electrons. The van der Waals surface area contributed by atoms with Gasteiger partial charge in [0.2, 0.25) is 0 Å². The summed E-state index contributed by atoms with van der Waals surface area (Å²) in [5, 5.41) is 2.64. The van der Waals surface area contributed by atoms with Gasteiger partial charge in [0.25, 0.3) is 11.5 Å². The number of aromatic nitrogens is 1. The molecule has 0 unspecified atom stereocenters. The highest BCUT2D eigenvalue weighted by Gasteiger charge is 2.21. The summed E-state index contributed by atoms with van der Waals surface area (Å²) in [6, 6.07) is 4.25. The van der Waals surface area contributed by atoms with E-state index in [9.17, 15) is 18.4 Å². The topological polar surface area (TPSA) is 62.0 Å². The maximum absolute atomic E-state index is 13.9. The second kappa shape index (κ2) is 6.73. The van der Waals surface area contributed by atoms with E-state index >= 15 is 0 Å². The number of amides is 1. The van der Waals surface area contributed by atoms with Crippen molar-refractivity contribution in [1.29, 1.82) is 0 Å². The molecule has 0 saturated heterocycles. The Kier molecular flexibility index (Phi) is 4.93. The highest BCUT2D eigenvalue weighted by Crippen LogP contribution is 2.21. The van der Waals surface area contributed by atoms with Crippen molar-refractivity contribution in [3.63, 3.8) is 0 Å². The van der Waals surface area contributed by atoms with Crippen molar-refractivity contribution in [1.82, 2.24) is 10.3 Å². The summed E-state index contributed by atoms with van der Waals surface area (Å²) >= 11 is 0. The zero-order chi connectivity index (χ0) is 17.1. The monoisotopic (exact) mass is 320 g/mol. The minimum Gasteiger partial charge on any atom is -0.345 e. The molecule has 6 heteroatoms. The quantitative estimate of drug-likeness (QED) is 0.909. The minimum absolute atomic E-state index is 0.00318. The van der Waals surface area contributed by atoms with Crippen molar-refractivity contribution < 1.29 is 13.6 Å². The average Bonchev–Trinajstić information content (AvgIpc) is 2.44. The van der Waals surface area contributed by atoms with E-state index in [4.69, 9.17) is 0 Å². The van der Waals surface area contributed by atoms with E-state index < -0.39 is 29.1 Å². The predicted molar refractivity (Wildman–Crippen MR) is 83.4 cm³/mol. The fourth-order valence-electron chi connectivity index (χ4n) is 2.55. The first kappa shape index (κ1) is 16.9. The van der Waals surface area contributed by atoms with E-state index in [-0.39, 0.29) is 11.1 Å². The number of carbonyl (C=O) groups excluding carboxylic acids is 1. The normalized spacial score (nSPS) is 12.0. The van der Waals surface area contributed by atoms with Crippen LogP contribution in [0.1, 0.15) is 46.6 Å². The largest absolute Gasteiger partial charge is 0.345 e. The van der Waals surface area contributed by atoms with Gasteiger partial charge in [0.15, 0.2) is 0 Å². The number of hydrogen-bond donors (Lipinski definition) is 2. The third-order valence-corrected chi connectivity index (χ3v) is 3.64. The smallest absolute Gasteiger partial charge is 0.261 e. The summed E-state index contributed by atoms with van der Waals surface area (Å²) < 4.78 is 26.9. The van der Waals surface area contributed by atoms with Crippen molar-refractivity contribution in [2.45, 2.75) is 33.2 Å². The Balaban J connectivity index is 2.32. The number of halogens is 2. The molecule has 0 spiro atoms. The van der Waals surface area contributed by atoms with E-state index in [0.717, 1.165) is 12.1 Å². The molecule has 0 aliphatic carbocycles. The zero-order valence-corrected chi connectivity index (χ0v) is 13.2. The summed E-state index contributed by atoms with van der Waals surface area (Å²) in [7, 11) is 0. The Hall–Kier alpha value is -2.50. The Labute approximate surface area is 132 Å².